The van der Waals surface area contributed by atoms with E-state index >= 15 is 0 Å². The van der Waals surface area contributed by atoms with Crippen molar-refractivity contribution in [2.24, 2.45) is 0 Å². The summed E-state index contributed by atoms with van der Waals surface area (Å²) in [5.74, 6) is 0.491. The largest absolute Gasteiger partial charge is 0.494 e. The fourth-order valence-corrected chi connectivity index (χ4v) is 5.21. The lowest BCUT2D eigenvalue weighted by molar-refractivity contribution is -0.145. The van der Waals surface area contributed by atoms with Gasteiger partial charge in [0.1, 0.15) is 12.4 Å². The van der Waals surface area contributed by atoms with Gasteiger partial charge in [-0.25, -0.2) is 0 Å². The first-order chi connectivity index (χ1) is 19.8. The van der Waals surface area contributed by atoms with E-state index in [1.165, 1.54) is 12.1 Å². The molecule has 212 valence electrons. The van der Waals surface area contributed by atoms with E-state index in [0.717, 1.165) is 28.3 Å². The van der Waals surface area contributed by atoms with Crippen LogP contribution in [0.1, 0.15) is 45.7 Å². The molecule has 0 aromatic heterocycles. The van der Waals surface area contributed by atoms with Crippen LogP contribution in [0, 0.1) is 0 Å². The molecule has 0 unspecified atom stereocenters. The number of ether oxygens (including phenoxy) is 2. The van der Waals surface area contributed by atoms with Gasteiger partial charge in [0.2, 0.25) is 0 Å². The standard InChI is InChI=1S/C34H32F3NO3/c35-34(36,37)30-14-7-9-25(19-30)22-38(23-32(26-10-3-1-4-11-26)27-12-5-2-6-13-27)17-8-18-40-31-16-15-28-24-41-33(39)21-29(28)20-31/h1-7,9-16,19-20,32H,8,17-18,21-24H2. The first-order valence-electron chi connectivity index (χ1n) is 13.7. The molecule has 4 nitrogen and oxygen atoms in total. The quantitative estimate of drug-likeness (QED) is 0.142. The van der Waals surface area contributed by atoms with Crippen LogP contribution in [0.4, 0.5) is 13.2 Å². The summed E-state index contributed by atoms with van der Waals surface area (Å²) < 4.78 is 51.4. The Balaban J connectivity index is 1.32. The van der Waals surface area contributed by atoms with Crippen molar-refractivity contribution in [3.63, 3.8) is 0 Å². The maximum atomic E-state index is 13.4. The van der Waals surface area contributed by atoms with E-state index in [1.807, 2.05) is 54.6 Å². The molecule has 0 saturated heterocycles. The molecule has 0 amide bonds. The molecule has 0 aliphatic carbocycles. The lowest BCUT2D eigenvalue weighted by Gasteiger charge is -2.29. The maximum Gasteiger partial charge on any atom is 0.416 e. The lowest BCUT2D eigenvalue weighted by Crippen LogP contribution is -2.31. The zero-order chi connectivity index (χ0) is 28.7. The van der Waals surface area contributed by atoms with Gasteiger partial charge in [-0.1, -0.05) is 84.9 Å². The number of carbonyl (C=O) groups excluding carboxylic acids is 1. The molecule has 7 heteroatoms. The minimum atomic E-state index is -4.39. The van der Waals surface area contributed by atoms with Crippen LogP contribution >= 0.6 is 0 Å². The first kappa shape index (κ1) is 28.4. The van der Waals surface area contributed by atoms with Crippen LogP contribution in [0.5, 0.6) is 5.75 Å². The molecule has 5 rings (SSSR count). The number of hydrogen-bond acceptors (Lipinski definition) is 4. The van der Waals surface area contributed by atoms with E-state index in [2.05, 4.69) is 29.2 Å². The maximum absolute atomic E-state index is 13.4. The average molecular weight is 560 g/mol. The Kier molecular flexibility index (Phi) is 9.04. The third-order valence-electron chi connectivity index (χ3n) is 7.29. The van der Waals surface area contributed by atoms with Crippen molar-refractivity contribution in [2.75, 3.05) is 19.7 Å². The number of fused-ring (bicyclic) bond motifs is 1. The van der Waals surface area contributed by atoms with Crippen LogP contribution in [0.25, 0.3) is 0 Å². The van der Waals surface area contributed by atoms with E-state index < -0.39 is 11.7 Å². The molecule has 4 aromatic carbocycles. The predicted molar refractivity (Wildman–Crippen MR) is 152 cm³/mol. The second kappa shape index (κ2) is 13.0. The van der Waals surface area contributed by atoms with Gasteiger partial charge in [-0.3, -0.25) is 9.69 Å². The Morgan fingerprint density at radius 1 is 0.829 bits per heavy atom. The molecule has 0 N–H and O–H groups in total. The number of rotatable bonds is 11. The highest BCUT2D eigenvalue weighted by molar-refractivity contribution is 5.74. The van der Waals surface area contributed by atoms with Gasteiger partial charge in [0.25, 0.3) is 0 Å². The molecule has 0 atom stereocenters. The van der Waals surface area contributed by atoms with Crippen LogP contribution < -0.4 is 4.74 Å². The predicted octanol–water partition coefficient (Wildman–Crippen LogP) is 7.41. The molecular weight excluding hydrogens is 527 g/mol. The smallest absolute Gasteiger partial charge is 0.416 e. The van der Waals surface area contributed by atoms with E-state index in [1.54, 1.807) is 6.07 Å². The van der Waals surface area contributed by atoms with Crippen molar-refractivity contribution in [2.45, 2.75) is 38.1 Å². The number of cyclic esters (lactones) is 1. The van der Waals surface area contributed by atoms with E-state index in [0.29, 0.717) is 44.0 Å². The summed E-state index contributed by atoms with van der Waals surface area (Å²) in [6, 6.07) is 31.6. The molecular formula is C34H32F3NO3. The van der Waals surface area contributed by atoms with Gasteiger partial charge < -0.3 is 9.47 Å². The number of hydrogen-bond donors (Lipinski definition) is 0. The second-order valence-corrected chi connectivity index (χ2v) is 10.3. The van der Waals surface area contributed by atoms with Crippen LogP contribution in [-0.4, -0.2) is 30.6 Å². The van der Waals surface area contributed by atoms with Crippen molar-refractivity contribution in [1.29, 1.82) is 0 Å². The van der Waals surface area contributed by atoms with Crippen molar-refractivity contribution >= 4 is 5.97 Å². The molecule has 1 aliphatic rings. The zero-order valence-corrected chi connectivity index (χ0v) is 22.6. The molecule has 4 aromatic rings. The van der Waals surface area contributed by atoms with Crippen molar-refractivity contribution < 1.29 is 27.4 Å². The van der Waals surface area contributed by atoms with E-state index in [9.17, 15) is 18.0 Å². The Morgan fingerprint density at radius 3 is 2.22 bits per heavy atom. The molecule has 41 heavy (non-hydrogen) atoms. The molecule has 0 fully saturated rings. The molecule has 0 saturated carbocycles. The van der Waals surface area contributed by atoms with Gasteiger partial charge >= 0.3 is 12.1 Å². The summed E-state index contributed by atoms with van der Waals surface area (Å²) in [5.41, 5.74) is 4.17. The van der Waals surface area contributed by atoms with Crippen LogP contribution in [0.15, 0.2) is 103 Å². The normalized spacial score (nSPS) is 13.2. The van der Waals surface area contributed by atoms with Crippen LogP contribution in [-0.2, 0) is 35.3 Å². The van der Waals surface area contributed by atoms with Crippen LogP contribution in [0.2, 0.25) is 0 Å². The summed E-state index contributed by atoms with van der Waals surface area (Å²) in [6.45, 7) is 2.35. The van der Waals surface area contributed by atoms with Gasteiger partial charge in [0.15, 0.2) is 0 Å². The summed E-state index contributed by atoms with van der Waals surface area (Å²) >= 11 is 0. The minimum absolute atomic E-state index is 0.0459. The van der Waals surface area contributed by atoms with Gasteiger partial charge in [-0.05, 0) is 52.4 Å². The van der Waals surface area contributed by atoms with Crippen molar-refractivity contribution in [3.8, 4) is 5.75 Å². The number of esters is 1. The summed E-state index contributed by atoms with van der Waals surface area (Å²) in [7, 11) is 0. The summed E-state index contributed by atoms with van der Waals surface area (Å²) in [6.07, 6.45) is -3.48. The Bertz CT molecular complexity index is 1400. The topological polar surface area (TPSA) is 38.8 Å². The Labute approximate surface area is 238 Å². The van der Waals surface area contributed by atoms with Gasteiger partial charge in [-0.2, -0.15) is 13.2 Å². The van der Waals surface area contributed by atoms with Gasteiger partial charge in [0, 0.05) is 25.6 Å². The highest BCUT2D eigenvalue weighted by Crippen LogP contribution is 2.31. The average Bonchev–Trinajstić information content (AvgIpc) is 2.98. The second-order valence-electron chi connectivity index (χ2n) is 10.3. The molecule has 0 spiro atoms. The van der Waals surface area contributed by atoms with Crippen molar-refractivity contribution in [3.05, 3.63) is 137 Å². The zero-order valence-electron chi connectivity index (χ0n) is 22.6. The van der Waals surface area contributed by atoms with Crippen molar-refractivity contribution in [1.82, 2.24) is 4.90 Å². The highest BCUT2D eigenvalue weighted by atomic mass is 19.4. The fraction of sp³-hybridized carbons (Fsp3) is 0.265. The molecule has 0 bridgehead atoms. The first-order valence-corrected chi connectivity index (χ1v) is 13.7. The summed E-state index contributed by atoms with van der Waals surface area (Å²) in [4.78, 5) is 13.9. The lowest BCUT2D eigenvalue weighted by atomic mass is 9.90. The Hall–Kier alpha value is -4.10. The third-order valence-corrected chi connectivity index (χ3v) is 7.29. The molecule has 1 aliphatic heterocycles. The SMILES string of the molecule is O=C1Cc2cc(OCCCN(Cc3cccc(C(F)(F)F)c3)CC(c3ccccc3)c3ccccc3)ccc2CO1. The number of benzene rings is 4. The molecule has 0 radical (unpaired) electrons. The summed E-state index contributed by atoms with van der Waals surface area (Å²) in [5, 5.41) is 0. The van der Waals surface area contributed by atoms with E-state index in [4.69, 9.17) is 9.47 Å². The van der Waals surface area contributed by atoms with Gasteiger partial charge in [-0.15, -0.1) is 0 Å². The number of nitrogens with zero attached hydrogens (tertiary/aromatic N) is 1. The van der Waals surface area contributed by atoms with Crippen LogP contribution in [0.3, 0.4) is 0 Å². The highest BCUT2D eigenvalue weighted by Gasteiger charge is 2.30. The monoisotopic (exact) mass is 559 g/mol. The number of alkyl halides is 3. The van der Waals surface area contributed by atoms with Gasteiger partial charge in [0.05, 0.1) is 18.6 Å². The Morgan fingerprint density at radius 2 is 1.54 bits per heavy atom. The fourth-order valence-electron chi connectivity index (χ4n) is 5.21. The minimum Gasteiger partial charge on any atom is -0.494 e. The number of halogens is 3. The molecule has 1 heterocycles. The number of carbonyl (C=O) groups is 1. The van der Waals surface area contributed by atoms with E-state index in [-0.39, 0.29) is 24.9 Å². The third kappa shape index (κ3) is 7.76.